The molecule has 0 heterocycles. The zero-order valence-electron chi connectivity index (χ0n) is 10.0. The van der Waals surface area contributed by atoms with Crippen LogP contribution in [0.1, 0.15) is 46.5 Å². The van der Waals surface area contributed by atoms with Gasteiger partial charge in [-0.1, -0.05) is 20.8 Å². The number of hydrogen-bond acceptors (Lipinski definition) is 1. The molecule has 4 heteroatoms. The van der Waals surface area contributed by atoms with Crippen LogP contribution in [-0.2, 0) is 4.79 Å². The average Bonchev–Trinajstić information content (AvgIpc) is 2.14. The molecule has 0 amide bonds. The maximum absolute atomic E-state index is 12.4. The molecule has 0 aliphatic heterocycles. The van der Waals surface area contributed by atoms with Gasteiger partial charge in [0.1, 0.15) is 5.78 Å². The monoisotopic (exact) mass is 236 g/mol. The molecule has 1 nitrogen and oxygen atoms in total. The van der Waals surface area contributed by atoms with Crippen LogP contribution >= 0.6 is 0 Å². The number of carbonyl (C=O) groups excluding carboxylic acids is 1. The van der Waals surface area contributed by atoms with Crippen molar-refractivity contribution in [3.63, 3.8) is 0 Å². The number of ketones is 1. The van der Waals surface area contributed by atoms with E-state index in [9.17, 15) is 18.0 Å². The van der Waals surface area contributed by atoms with Gasteiger partial charge in [-0.05, 0) is 25.7 Å². The molecule has 0 aromatic heterocycles. The van der Waals surface area contributed by atoms with Gasteiger partial charge in [0, 0.05) is 11.3 Å². The minimum atomic E-state index is -4.09. The first-order valence-corrected chi connectivity index (χ1v) is 5.73. The van der Waals surface area contributed by atoms with Gasteiger partial charge in [0.2, 0.25) is 0 Å². The lowest BCUT2D eigenvalue weighted by atomic mass is 9.73. The predicted molar refractivity (Wildman–Crippen MR) is 56.0 cm³/mol. The highest BCUT2D eigenvalue weighted by molar-refractivity contribution is 5.85. The van der Waals surface area contributed by atoms with E-state index in [1.54, 1.807) is 0 Å². The highest BCUT2D eigenvalue weighted by Gasteiger charge is 2.43. The molecule has 0 radical (unpaired) electrons. The van der Waals surface area contributed by atoms with Gasteiger partial charge in [0.05, 0.1) is 5.92 Å². The molecule has 1 fully saturated rings. The van der Waals surface area contributed by atoms with Gasteiger partial charge in [-0.15, -0.1) is 0 Å². The molecule has 0 bridgehead atoms. The predicted octanol–water partition coefficient (Wildman–Crippen LogP) is 3.97. The second-order valence-corrected chi connectivity index (χ2v) is 5.70. The molecule has 1 saturated carbocycles. The lowest BCUT2D eigenvalue weighted by molar-refractivity contribution is -0.185. The van der Waals surface area contributed by atoms with Crippen LogP contribution in [0, 0.1) is 17.3 Å². The summed E-state index contributed by atoms with van der Waals surface area (Å²) in [7, 11) is 0. The largest absolute Gasteiger partial charge is 0.391 e. The Bertz CT molecular complexity index is 254. The fourth-order valence-corrected chi connectivity index (χ4v) is 2.30. The highest BCUT2D eigenvalue weighted by Crippen LogP contribution is 2.41. The van der Waals surface area contributed by atoms with Crippen molar-refractivity contribution in [1.29, 1.82) is 0 Å². The third kappa shape index (κ3) is 3.22. The van der Waals surface area contributed by atoms with Crippen LogP contribution in [0.15, 0.2) is 0 Å². The van der Waals surface area contributed by atoms with Gasteiger partial charge >= 0.3 is 6.18 Å². The van der Waals surface area contributed by atoms with Crippen molar-refractivity contribution in [2.75, 3.05) is 0 Å². The first-order valence-electron chi connectivity index (χ1n) is 5.73. The molecular weight excluding hydrogens is 217 g/mol. The quantitative estimate of drug-likeness (QED) is 0.673. The van der Waals surface area contributed by atoms with E-state index in [0.717, 1.165) is 0 Å². The highest BCUT2D eigenvalue weighted by atomic mass is 19.4. The topological polar surface area (TPSA) is 17.1 Å². The molecule has 1 aliphatic carbocycles. The summed E-state index contributed by atoms with van der Waals surface area (Å²) >= 11 is 0. The van der Waals surface area contributed by atoms with Crippen LogP contribution in [0.4, 0.5) is 13.2 Å². The van der Waals surface area contributed by atoms with Gasteiger partial charge in [-0.25, -0.2) is 0 Å². The summed E-state index contributed by atoms with van der Waals surface area (Å²) in [5.74, 6) is -1.26. The number of rotatable bonds is 1. The molecule has 1 aliphatic rings. The van der Waals surface area contributed by atoms with Crippen molar-refractivity contribution < 1.29 is 18.0 Å². The van der Waals surface area contributed by atoms with E-state index in [1.807, 2.05) is 20.8 Å². The Morgan fingerprint density at radius 2 is 1.44 bits per heavy atom. The summed E-state index contributed by atoms with van der Waals surface area (Å²) in [5.41, 5.74) is -0.435. The van der Waals surface area contributed by atoms with Crippen LogP contribution < -0.4 is 0 Å². The van der Waals surface area contributed by atoms with E-state index >= 15 is 0 Å². The Hall–Kier alpha value is -0.540. The summed E-state index contributed by atoms with van der Waals surface area (Å²) in [6.07, 6.45) is -3.09. The second-order valence-electron chi connectivity index (χ2n) is 5.70. The van der Waals surface area contributed by atoms with Crippen molar-refractivity contribution >= 4 is 5.78 Å². The first kappa shape index (κ1) is 13.5. The molecule has 0 spiro atoms. The fraction of sp³-hybridized carbons (Fsp3) is 0.917. The van der Waals surface area contributed by atoms with E-state index in [-0.39, 0.29) is 24.5 Å². The Labute approximate surface area is 94.4 Å². The van der Waals surface area contributed by atoms with Crippen LogP contribution in [0.25, 0.3) is 0 Å². The molecule has 94 valence electrons. The van der Waals surface area contributed by atoms with Gasteiger partial charge in [0.25, 0.3) is 0 Å². The molecule has 16 heavy (non-hydrogen) atoms. The van der Waals surface area contributed by atoms with Gasteiger partial charge < -0.3 is 0 Å². The standard InChI is InChI=1S/C12H19F3O/c1-11(2,3)10(16)8-4-6-9(7-5-8)12(13,14)15/h8-9H,4-7H2,1-3H3. The molecule has 0 saturated heterocycles. The summed E-state index contributed by atoms with van der Waals surface area (Å²) in [5, 5.41) is 0. The summed E-state index contributed by atoms with van der Waals surface area (Å²) in [6.45, 7) is 5.47. The van der Waals surface area contributed by atoms with Gasteiger partial charge in [-0.2, -0.15) is 13.2 Å². The number of Topliss-reactive ketones (excluding diaryl/α,β-unsaturated/α-hetero) is 1. The van der Waals surface area contributed by atoms with Crippen molar-refractivity contribution in [3.8, 4) is 0 Å². The van der Waals surface area contributed by atoms with Crippen LogP contribution in [0.2, 0.25) is 0 Å². The maximum Gasteiger partial charge on any atom is 0.391 e. The van der Waals surface area contributed by atoms with E-state index in [2.05, 4.69) is 0 Å². The summed E-state index contributed by atoms with van der Waals surface area (Å²) in [6, 6.07) is 0. The third-order valence-corrected chi connectivity index (χ3v) is 3.30. The van der Waals surface area contributed by atoms with E-state index in [4.69, 9.17) is 0 Å². The molecule has 1 rings (SSSR count). The molecule has 0 aromatic carbocycles. The maximum atomic E-state index is 12.4. The first-order chi connectivity index (χ1) is 7.12. The normalized spacial score (nSPS) is 27.9. The Balaban J connectivity index is 2.53. The minimum Gasteiger partial charge on any atom is -0.299 e. The molecule has 0 N–H and O–H groups in total. The van der Waals surface area contributed by atoms with E-state index in [1.165, 1.54) is 0 Å². The minimum absolute atomic E-state index is 0.105. The molecule has 0 atom stereocenters. The Kier molecular flexibility index (Phi) is 3.70. The third-order valence-electron chi connectivity index (χ3n) is 3.30. The SMILES string of the molecule is CC(C)(C)C(=O)C1CCC(C(F)(F)F)CC1. The van der Waals surface area contributed by atoms with Crippen molar-refractivity contribution in [2.45, 2.75) is 52.6 Å². The number of alkyl halides is 3. The zero-order valence-corrected chi connectivity index (χ0v) is 10.0. The summed E-state index contributed by atoms with van der Waals surface area (Å²) < 4.78 is 37.3. The van der Waals surface area contributed by atoms with Gasteiger partial charge in [0.15, 0.2) is 0 Å². The smallest absolute Gasteiger partial charge is 0.299 e. The number of halogens is 3. The number of carbonyl (C=O) groups is 1. The van der Waals surface area contributed by atoms with Crippen LogP contribution in [0.3, 0.4) is 0 Å². The zero-order chi connectivity index (χ0) is 12.6. The average molecular weight is 236 g/mol. The van der Waals surface area contributed by atoms with Crippen molar-refractivity contribution in [2.24, 2.45) is 17.3 Å². The second kappa shape index (κ2) is 4.38. The Morgan fingerprint density at radius 1 is 1.00 bits per heavy atom. The lowest BCUT2D eigenvalue weighted by Crippen LogP contribution is -2.34. The van der Waals surface area contributed by atoms with Gasteiger partial charge in [-0.3, -0.25) is 4.79 Å². The summed E-state index contributed by atoms with van der Waals surface area (Å²) in [4.78, 5) is 11.9. The van der Waals surface area contributed by atoms with E-state index in [0.29, 0.717) is 12.8 Å². The molecule has 0 aromatic rings. The van der Waals surface area contributed by atoms with Crippen molar-refractivity contribution in [1.82, 2.24) is 0 Å². The van der Waals surface area contributed by atoms with E-state index < -0.39 is 17.5 Å². The molecule has 0 unspecified atom stereocenters. The Morgan fingerprint density at radius 3 is 1.75 bits per heavy atom. The lowest BCUT2D eigenvalue weighted by Gasteiger charge is -2.32. The van der Waals surface area contributed by atoms with Crippen molar-refractivity contribution in [3.05, 3.63) is 0 Å². The van der Waals surface area contributed by atoms with Crippen LogP contribution in [0.5, 0.6) is 0 Å². The number of hydrogen-bond donors (Lipinski definition) is 0. The molecular formula is C12H19F3O. The fourth-order valence-electron chi connectivity index (χ4n) is 2.30. The van der Waals surface area contributed by atoms with Crippen LogP contribution in [-0.4, -0.2) is 12.0 Å².